The van der Waals surface area contributed by atoms with Crippen molar-refractivity contribution in [3.8, 4) is 5.75 Å². The van der Waals surface area contributed by atoms with Crippen molar-refractivity contribution >= 4 is 75.9 Å². The molecule has 10 amide bonds. The lowest BCUT2D eigenvalue weighted by molar-refractivity contribution is -0.142. The third-order valence-electron chi connectivity index (χ3n) is 16.5. The third kappa shape index (κ3) is 20.4. The van der Waals surface area contributed by atoms with E-state index in [2.05, 4.69) is 72.8 Å². The van der Waals surface area contributed by atoms with Crippen molar-refractivity contribution in [2.24, 2.45) is 22.4 Å². The number of nitrogens with two attached hydrogens (primary N) is 2. The molecule has 2 fully saturated rings. The largest absolute Gasteiger partial charge is 0.508 e. The summed E-state index contributed by atoms with van der Waals surface area (Å²) in [5.41, 5.74) is 14.6. The number of benzene rings is 3. The molecule has 0 spiro atoms. The Hall–Kier alpha value is -10.7. The van der Waals surface area contributed by atoms with E-state index in [-0.39, 0.29) is 100 Å². The Balaban J connectivity index is 1.06. The van der Waals surface area contributed by atoms with Crippen molar-refractivity contribution in [1.29, 1.82) is 0 Å². The maximum atomic E-state index is 15.1. The molecule has 9 atom stereocenters. The summed E-state index contributed by atoms with van der Waals surface area (Å²) in [6.07, 6.45) is 8.49. The molecule has 8 rings (SSSR count). The van der Waals surface area contributed by atoms with Crippen LogP contribution in [0.5, 0.6) is 5.75 Å². The van der Waals surface area contributed by atoms with E-state index in [1.807, 2.05) is 50.2 Å². The normalized spacial score (nSPS) is 16.6. The number of aromatic nitrogens is 5. The number of imidazole rings is 2. The second kappa shape index (κ2) is 34.5. The highest BCUT2D eigenvalue weighted by atomic mass is 16.3. The second-order valence-electron chi connectivity index (χ2n) is 24.4. The van der Waals surface area contributed by atoms with Crippen molar-refractivity contribution in [2.75, 3.05) is 26.2 Å². The number of guanidine groups is 1. The molecule has 0 radical (unpaired) electrons. The summed E-state index contributed by atoms with van der Waals surface area (Å²) < 4.78 is 1.78. The van der Waals surface area contributed by atoms with Gasteiger partial charge in [-0.25, -0.2) is 9.97 Å². The number of nitrogens with zero attached hydrogens (tertiary/aromatic N) is 5. The molecule has 96 heavy (non-hydrogen) atoms. The number of para-hydroxylation sites is 1. The molecular formula is C66H86N18O12. The van der Waals surface area contributed by atoms with Gasteiger partial charge in [0.2, 0.25) is 59.1 Å². The Morgan fingerprint density at radius 2 is 1.32 bits per heavy atom. The predicted molar refractivity (Wildman–Crippen MR) is 352 cm³/mol. The van der Waals surface area contributed by atoms with Crippen LogP contribution in [0.3, 0.4) is 0 Å². The van der Waals surface area contributed by atoms with Crippen molar-refractivity contribution in [2.45, 2.75) is 152 Å². The smallest absolute Gasteiger partial charge is 0.245 e. The number of carbonyl (C=O) groups is 10. The van der Waals surface area contributed by atoms with Crippen LogP contribution in [0.1, 0.15) is 93.8 Å². The quantitative estimate of drug-likeness (QED) is 0.0131. The number of rotatable bonds is 34. The molecule has 6 aromatic rings. The first-order valence-corrected chi connectivity index (χ1v) is 32.2. The van der Waals surface area contributed by atoms with Crippen molar-refractivity contribution in [1.82, 2.24) is 77.3 Å². The highest BCUT2D eigenvalue weighted by Crippen LogP contribution is 2.23. The fraction of sp³-hybridized carbons (Fsp3) is 0.439. The highest BCUT2D eigenvalue weighted by Gasteiger charge is 2.40. The molecule has 2 saturated heterocycles. The number of amides is 10. The van der Waals surface area contributed by atoms with Crippen LogP contribution in [-0.4, -0.2) is 185 Å². The summed E-state index contributed by atoms with van der Waals surface area (Å²) in [6.45, 7) is 5.50. The number of nitrogens with one attached hydrogen (secondary N) is 11. The summed E-state index contributed by atoms with van der Waals surface area (Å²) in [5.74, 6) is -7.72. The first kappa shape index (κ1) is 71.2. The summed E-state index contributed by atoms with van der Waals surface area (Å²) in [6, 6.07) is 10.5. The van der Waals surface area contributed by atoms with Gasteiger partial charge < -0.3 is 89.0 Å². The first-order chi connectivity index (χ1) is 46.1. The minimum absolute atomic E-state index is 0.0495. The number of phenolic OH excluding ortho intramolecular Hbond substituents is 1. The molecule has 3 aromatic carbocycles. The van der Waals surface area contributed by atoms with E-state index in [9.17, 15) is 48.6 Å². The minimum Gasteiger partial charge on any atom is -0.508 e. The fourth-order valence-electron chi connectivity index (χ4n) is 11.6. The zero-order chi connectivity index (χ0) is 68.8. The van der Waals surface area contributed by atoms with Gasteiger partial charge in [0.15, 0.2) is 5.96 Å². The Bertz CT molecular complexity index is 3680. The number of H-pyrrole nitrogens is 2. The van der Waals surface area contributed by atoms with E-state index in [4.69, 9.17) is 11.5 Å². The maximum absolute atomic E-state index is 15.1. The van der Waals surface area contributed by atoms with Crippen LogP contribution >= 0.6 is 0 Å². The molecule has 30 heteroatoms. The highest BCUT2D eigenvalue weighted by molar-refractivity contribution is 5.99. The number of fused-ring (bicyclic) bond motifs is 1. The molecule has 30 nitrogen and oxygen atoms in total. The lowest BCUT2D eigenvalue weighted by atomic mass is 10.0. The van der Waals surface area contributed by atoms with Gasteiger partial charge in [0.1, 0.15) is 60.1 Å². The fourth-order valence-corrected chi connectivity index (χ4v) is 11.6. The Labute approximate surface area is 554 Å². The molecule has 2 aliphatic rings. The van der Waals surface area contributed by atoms with Gasteiger partial charge in [0, 0.05) is 93.5 Å². The number of likely N-dealkylation sites (N-methyl/N-ethyl adjacent to an activating group) is 1. The van der Waals surface area contributed by atoms with E-state index in [0.29, 0.717) is 59.3 Å². The van der Waals surface area contributed by atoms with Crippen LogP contribution in [0.4, 0.5) is 0 Å². The van der Waals surface area contributed by atoms with E-state index in [0.717, 1.165) is 5.56 Å². The van der Waals surface area contributed by atoms with Crippen molar-refractivity contribution < 1.29 is 58.2 Å². The molecule has 3 aromatic heterocycles. The van der Waals surface area contributed by atoms with E-state index in [1.165, 1.54) is 41.7 Å². The summed E-state index contributed by atoms with van der Waals surface area (Å²) in [4.78, 5) is 162. The Morgan fingerprint density at radius 3 is 1.97 bits per heavy atom. The molecule has 512 valence electrons. The van der Waals surface area contributed by atoms with E-state index in [1.54, 1.807) is 48.4 Å². The maximum Gasteiger partial charge on any atom is 0.245 e. The van der Waals surface area contributed by atoms with Crippen molar-refractivity contribution in [3.05, 3.63) is 138 Å². The van der Waals surface area contributed by atoms with Crippen LogP contribution in [-0.2, 0) is 80.2 Å². The topological polar surface area (TPSA) is 449 Å². The molecule has 2 aliphatic heterocycles. The zero-order valence-corrected chi connectivity index (χ0v) is 53.8. The third-order valence-corrected chi connectivity index (χ3v) is 16.5. The molecule has 5 heterocycles. The van der Waals surface area contributed by atoms with Crippen molar-refractivity contribution in [3.63, 3.8) is 0 Å². The number of carbonyl (C=O) groups excluding carboxylic acids is 10. The summed E-state index contributed by atoms with van der Waals surface area (Å²) in [5, 5.41) is 46.3. The average molecular weight is 1320 g/mol. The SMILES string of the molecule is CCNC(=O)[C@@H]1CCCN1C(=O)[C@H](CCCN=C(N)N)NC(=O)[C@H](CC(C)C)NC(=O)[C@H](Cc1cn(Cc2ccccc2)cn1)NC(=O)[C@H](Cc1ccc(O)cc1)NC(=O)[C@H](CO)NC(=O)[C@H](Cc1c[nH]c2ccccc12)NC(=O)[C@H](Cc1cnc[nH]1)NC(=O)[C@@H]1CCC(=O)N1. The first-order valence-electron chi connectivity index (χ1n) is 32.2. The van der Waals surface area contributed by atoms with Gasteiger partial charge in [0.25, 0.3) is 0 Å². The zero-order valence-electron chi connectivity index (χ0n) is 53.8. The monoisotopic (exact) mass is 1320 g/mol. The van der Waals surface area contributed by atoms with Crippen LogP contribution in [0.15, 0.2) is 115 Å². The lowest BCUT2D eigenvalue weighted by Crippen LogP contribution is -2.61. The van der Waals surface area contributed by atoms with Crippen LogP contribution < -0.4 is 59.3 Å². The Morgan fingerprint density at radius 1 is 0.698 bits per heavy atom. The lowest BCUT2D eigenvalue weighted by Gasteiger charge is -2.30. The number of hydrogen-bond acceptors (Lipinski definition) is 15. The van der Waals surface area contributed by atoms with Gasteiger partial charge in [-0.05, 0) is 86.3 Å². The second-order valence-corrected chi connectivity index (χ2v) is 24.4. The van der Waals surface area contributed by atoms with Crippen LogP contribution in [0.25, 0.3) is 10.9 Å². The number of hydrogen-bond donors (Lipinski definition) is 15. The molecular weight excluding hydrogens is 1240 g/mol. The number of aromatic amines is 2. The summed E-state index contributed by atoms with van der Waals surface area (Å²) >= 11 is 0. The molecule has 0 bridgehead atoms. The van der Waals surface area contributed by atoms with Gasteiger partial charge in [-0.3, -0.25) is 52.9 Å². The van der Waals surface area contributed by atoms with Gasteiger partial charge >= 0.3 is 0 Å². The van der Waals surface area contributed by atoms with Gasteiger partial charge in [-0.2, -0.15) is 0 Å². The van der Waals surface area contributed by atoms with Crippen LogP contribution in [0, 0.1) is 5.92 Å². The predicted octanol–water partition coefficient (Wildman–Crippen LogP) is -0.997. The number of aliphatic hydroxyl groups is 1. The standard InChI is InChI=1S/C66H86N18O12/c1-4-70-64(95)55-17-11-25-84(55)65(96)48(16-10-24-71-66(67)68)76-58(89)49(26-38(2)3)77-62(93)53(30-43-34-83(37-74-43)33-40-12-6-5-7-13-40)81-59(90)50(27-39-18-20-44(86)21-19-39)78-63(94)54(35-85)82-60(91)51(28-41-31-72-46-15-9-8-14-45(41)46)79-61(92)52(29-42-32-69-36-73-42)80-57(88)47-22-23-56(87)75-47/h5-9,12-15,18-21,31-32,34,36-38,47-55,72,85-86H,4,10-11,16-17,22-30,33,35H2,1-3H3,(H,69,73)(H,70,95)(H,75,87)(H,76,89)(H,77,93)(H,78,94)(H,79,92)(H,80,88)(H,81,90)(H,82,91)(H4,67,68,71)/t47-,48-,49-,50-,51-,52-,53-,54-,55-/m0/s1. The molecule has 17 N–H and O–H groups in total. The molecule has 0 unspecified atom stereocenters. The summed E-state index contributed by atoms with van der Waals surface area (Å²) in [7, 11) is 0. The molecule has 0 saturated carbocycles. The van der Waals surface area contributed by atoms with Crippen LogP contribution in [0.2, 0.25) is 0 Å². The minimum atomic E-state index is -1.79. The number of aliphatic imine (C=N–C) groups is 1. The average Bonchev–Trinajstić information content (AvgIpc) is 1.65. The van der Waals surface area contributed by atoms with Gasteiger partial charge in [0.05, 0.1) is 25.0 Å². The molecule has 0 aliphatic carbocycles. The van der Waals surface area contributed by atoms with Gasteiger partial charge in [-0.1, -0.05) is 74.5 Å². The van der Waals surface area contributed by atoms with Gasteiger partial charge in [-0.15, -0.1) is 0 Å². The number of phenols is 1. The Kier molecular flexibility index (Phi) is 25.6. The van der Waals surface area contributed by atoms with E-state index < -0.39 is 108 Å². The number of aromatic hydroxyl groups is 1. The number of likely N-dealkylation sites (tertiary alicyclic amines) is 1. The van der Waals surface area contributed by atoms with E-state index >= 15 is 9.59 Å². The number of aliphatic hydroxyl groups excluding tert-OH is 1.